The van der Waals surface area contributed by atoms with E-state index in [0.29, 0.717) is 6.08 Å². The van der Waals surface area contributed by atoms with Gasteiger partial charge in [0.1, 0.15) is 0 Å². The van der Waals surface area contributed by atoms with Crippen LogP contribution in [0.5, 0.6) is 0 Å². The van der Waals surface area contributed by atoms with Gasteiger partial charge in [0.25, 0.3) is 0 Å². The highest BCUT2D eigenvalue weighted by Crippen LogP contribution is 2.17. The van der Waals surface area contributed by atoms with Crippen molar-refractivity contribution in [2.45, 2.75) is 0 Å². The maximum atomic E-state index is 11.3. The van der Waals surface area contributed by atoms with Gasteiger partial charge in [0, 0.05) is 0 Å². The van der Waals surface area contributed by atoms with Crippen molar-refractivity contribution in [1.29, 1.82) is 0 Å². The van der Waals surface area contributed by atoms with Crippen molar-refractivity contribution in [2.24, 2.45) is 0 Å². The molecule has 0 unspecified atom stereocenters. The summed E-state index contributed by atoms with van der Waals surface area (Å²) >= 11 is 0. The third-order valence-corrected chi connectivity index (χ3v) is 0.683. The first kappa shape index (κ1) is 7.33. The standard InChI is InChI=1S/C4H5BF3/c1-3-4(2)5(6,7)8/h3H,1-2H2/q-1. The number of allylic oxidation sites excluding steroid dienone is 2. The molecule has 0 aromatic rings. The molecule has 0 aliphatic rings. The Bertz CT molecular complexity index is 113. The molecule has 0 bridgehead atoms. The second kappa shape index (κ2) is 2.07. The number of halogens is 3. The van der Waals surface area contributed by atoms with Crippen molar-refractivity contribution in [3.05, 3.63) is 24.7 Å². The molecule has 8 heavy (non-hydrogen) atoms. The minimum Gasteiger partial charge on any atom is -0.445 e. The van der Waals surface area contributed by atoms with Crippen LogP contribution in [0.3, 0.4) is 0 Å². The third kappa shape index (κ3) is 1.86. The average Bonchev–Trinajstić information content (AvgIpc) is 1.62. The molecule has 0 saturated carbocycles. The predicted molar refractivity (Wildman–Crippen MR) is 28.4 cm³/mol. The first-order valence-corrected chi connectivity index (χ1v) is 1.99. The summed E-state index contributed by atoms with van der Waals surface area (Å²) in [6.45, 7) is 0.777. The Balaban J connectivity index is 4.02. The summed E-state index contributed by atoms with van der Waals surface area (Å²) in [6, 6.07) is 0. The lowest BCUT2D eigenvalue weighted by molar-refractivity contribution is 0.493. The molecule has 46 valence electrons. The van der Waals surface area contributed by atoms with Crippen LogP contribution in [0.2, 0.25) is 0 Å². The van der Waals surface area contributed by atoms with Gasteiger partial charge in [-0.1, -0.05) is 6.08 Å². The highest BCUT2D eigenvalue weighted by molar-refractivity contribution is 6.67. The Labute approximate surface area is 45.8 Å². The maximum absolute atomic E-state index is 11.3. The number of rotatable bonds is 2. The Kier molecular flexibility index (Phi) is 1.90. The minimum absolute atomic E-state index is 0.708. The second-order valence-electron chi connectivity index (χ2n) is 1.35. The van der Waals surface area contributed by atoms with Gasteiger partial charge >= 0.3 is 6.98 Å². The lowest BCUT2D eigenvalue weighted by Crippen LogP contribution is -2.16. The Morgan fingerprint density at radius 2 is 1.75 bits per heavy atom. The molecule has 0 atom stereocenters. The summed E-state index contributed by atoms with van der Waals surface area (Å²) in [5.41, 5.74) is -0.843. The van der Waals surface area contributed by atoms with Crippen molar-refractivity contribution < 1.29 is 12.9 Å². The average molecular weight is 121 g/mol. The molecule has 0 radical (unpaired) electrons. The van der Waals surface area contributed by atoms with Crippen LogP contribution in [0.25, 0.3) is 0 Å². The molecule has 0 aromatic carbocycles. The van der Waals surface area contributed by atoms with Crippen LogP contribution >= 0.6 is 0 Å². The van der Waals surface area contributed by atoms with E-state index in [0.717, 1.165) is 0 Å². The van der Waals surface area contributed by atoms with Gasteiger partial charge in [0.15, 0.2) is 0 Å². The molecule has 0 aliphatic heterocycles. The molecule has 0 amide bonds. The topological polar surface area (TPSA) is 0 Å². The highest BCUT2D eigenvalue weighted by atomic mass is 19.4. The van der Waals surface area contributed by atoms with Crippen molar-refractivity contribution >= 4 is 6.98 Å². The Morgan fingerprint density at radius 1 is 1.38 bits per heavy atom. The molecule has 4 heteroatoms. The molecule has 0 aliphatic carbocycles. The lowest BCUT2D eigenvalue weighted by atomic mass is 9.81. The zero-order valence-corrected chi connectivity index (χ0v) is 4.20. The summed E-state index contributed by atoms with van der Waals surface area (Å²) in [5.74, 6) is 0. The molecule has 0 nitrogen and oxygen atoms in total. The van der Waals surface area contributed by atoms with E-state index < -0.39 is 12.4 Å². The van der Waals surface area contributed by atoms with Gasteiger partial charge in [-0.05, 0) is 0 Å². The van der Waals surface area contributed by atoms with E-state index in [2.05, 4.69) is 13.2 Å². The highest BCUT2D eigenvalue weighted by Gasteiger charge is 2.23. The van der Waals surface area contributed by atoms with Crippen molar-refractivity contribution in [3.8, 4) is 0 Å². The normalized spacial score (nSPS) is 10.9. The molecular formula is C4H5BF3-. The third-order valence-electron chi connectivity index (χ3n) is 0.683. The van der Waals surface area contributed by atoms with Gasteiger partial charge in [-0.25, -0.2) is 0 Å². The van der Waals surface area contributed by atoms with Crippen LogP contribution in [0.1, 0.15) is 0 Å². The number of hydrogen-bond acceptors (Lipinski definition) is 0. The lowest BCUT2D eigenvalue weighted by Gasteiger charge is -2.12. The van der Waals surface area contributed by atoms with Crippen LogP contribution < -0.4 is 0 Å². The van der Waals surface area contributed by atoms with E-state index in [1.165, 1.54) is 0 Å². The van der Waals surface area contributed by atoms with E-state index in [9.17, 15) is 12.9 Å². The molecule has 0 aromatic heterocycles. The van der Waals surface area contributed by atoms with Crippen molar-refractivity contribution in [1.82, 2.24) is 0 Å². The fourth-order valence-corrected chi connectivity index (χ4v) is 0.134. The van der Waals surface area contributed by atoms with E-state index in [-0.39, 0.29) is 0 Å². The quantitative estimate of drug-likeness (QED) is 0.387. The summed E-state index contributed by atoms with van der Waals surface area (Å²) in [4.78, 5) is 0. The smallest absolute Gasteiger partial charge is 0.445 e. The summed E-state index contributed by atoms with van der Waals surface area (Å²) in [5, 5.41) is 0. The first-order chi connectivity index (χ1) is 3.48. The van der Waals surface area contributed by atoms with Crippen molar-refractivity contribution in [2.75, 3.05) is 0 Å². The van der Waals surface area contributed by atoms with Gasteiger partial charge in [0.05, 0.1) is 0 Å². The molecular weight excluding hydrogens is 116 g/mol. The SMILES string of the molecule is C=CC(=C)[B-](F)(F)F. The van der Waals surface area contributed by atoms with Gasteiger partial charge in [-0.3, -0.25) is 0 Å². The molecule has 0 saturated heterocycles. The summed E-state index contributed by atoms with van der Waals surface area (Å²) in [6.07, 6.45) is 0.708. The molecule has 0 fully saturated rings. The van der Waals surface area contributed by atoms with Gasteiger partial charge < -0.3 is 12.9 Å². The van der Waals surface area contributed by atoms with Crippen LogP contribution in [0.15, 0.2) is 24.7 Å². The zero-order valence-electron chi connectivity index (χ0n) is 4.20. The first-order valence-electron chi connectivity index (χ1n) is 1.99. The van der Waals surface area contributed by atoms with Gasteiger partial charge in [-0.2, -0.15) is 0 Å². The second-order valence-corrected chi connectivity index (χ2v) is 1.35. The summed E-state index contributed by atoms with van der Waals surface area (Å²) in [7, 11) is 0. The maximum Gasteiger partial charge on any atom is 0.509 e. The van der Waals surface area contributed by atoms with E-state index in [4.69, 9.17) is 0 Å². The largest absolute Gasteiger partial charge is 0.509 e. The van der Waals surface area contributed by atoms with Crippen LogP contribution in [0.4, 0.5) is 12.9 Å². The van der Waals surface area contributed by atoms with E-state index in [1.807, 2.05) is 0 Å². The predicted octanol–water partition coefficient (Wildman–Crippen LogP) is 2.12. The minimum atomic E-state index is -4.88. The fraction of sp³-hybridized carbons (Fsp3) is 0. The van der Waals surface area contributed by atoms with Crippen LogP contribution in [0, 0.1) is 0 Å². The molecule has 0 spiro atoms. The fourth-order valence-electron chi connectivity index (χ4n) is 0.134. The Hall–Kier alpha value is -0.665. The molecule has 0 N–H and O–H groups in total. The molecule has 0 heterocycles. The monoisotopic (exact) mass is 121 g/mol. The van der Waals surface area contributed by atoms with Crippen molar-refractivity contribution in [3.63, 3.8) is 0 Å². The van der Waals surface area contributed by atoms with Crippen LogP contribution in [-0.2, 0) is 0 Å². The van der Waals surface area contributed by atoms with E-state index in [1.54, 1.807) is 0 Å². The molecule has 0 rings (SSSR count). The van der Waals surface area contributed by atoms with Gasteiger partial charge in [0.2, 0.25) is 0 Å². The van der Waals surface area contributed by atoms with Crippen LogP contribution in [-0.4, -0.2) is 6.98 Å². The zero-order chi connectivity index (χ0) is 6.78. The number of hydrogen-bond donors (Lipinski definition) is 0. The Morgan fingerprint density at radius 3 is 1.75 bits per heavy atom. The summed E-state index contributed by atoms with van der Waals surface area (Å²) < 4.78 is 34.0. The van der Waals surface area contributed by atoms with E-state index >= 15 is 0 Å². The van der Waals surface area contributed by atoms with Gasteiger partial charge in [-0.15, -0.1) is 18.6 Å².